The fourth-order valence-corrected chi connectivity index (χ4v) is 2.63. The summed E-state index contributed by atoms with van der Waals surface area (Å²) in [6, 6.07) is 5.43. The summed E-state index contributed by atoms with van der Waals surface area (Å²) in [6.45, 7) is 1.50. The smallest absolute Gasteiger partial charge is 0.255 e. The Balaban J connectivity index is 2.17. The van der Waals surface area contributed by atoms with Crippen molar-refractivity contribution in [3.8, 4) is 0 Å². The van der Waals surface area contributed by atoms with Crippen LogP contribution in [-0.2, 0) is 0 Å². The molecule has 1 saturated heterocycles. The van der Waals surface area contributed by atoms with Gasteiger partial charge in [-0.05, 0) is 40.5 Å². The van der Waals surface area contributed by atoms with Crippen molar-refractivity contribution < 1.29 is 9.90 Å². The third kappa shape index (κ3) is 2.84. The second-order valence-corrected chi connectivity index (χ2v) is 5.62. The molecule has 0 saturated carbocycles. The SMILES string of the molecule is O=C(c1cc(S)ccc1Br)N1CCC(CO)C1. The van der Waals surface area contributed by atoms with Crippen LogP contribution < -0.4 is 0 Å². The third-order valence-corrected chi connectivity index (χ3v) is 3.98. The molecule has 0 spiro atoms. The third-order valence-electron chi connectivity index (χ3n) is 3.01. The average Bonchev–Trinajstić information content (AvgIpc) is 2.80. The number of carbonyl (C=O) groups excluding carboxylic acids is 1. The van der Waals surface area contributed by atoms with Gasteiger partial charge in [-0.2, -0.15) is 0 Å². The molecule has 2 rings (SSSR count). The van der Waals surface area contributed by atoms with Crippen LogP contribution in [-0.4, -0.2) is 35.6 Å². The van der Waals surface area contributed by atoms with Crippen LogP contribution in [0.5, 0.6) is 0 Å². The second kappa shape index (κ2) is 5.42. The summed E-state index contributed by atoms with van der Waals surface area (Å²) in [5.41, 5.74) is 0.635. The van der Waals surface area contributed by atoms with E-state index in [0.29, 0.717) is 18.7 Å². The first-order chi connectivity index (χ1) is 8.11. The molecule has 1 unspecified atom stereocenters. The zero-order valence-electron chi connectivity index (χ0n) is 9.27. The van der Waals surface area contributed by atoms with Gasteiger partial charge in [0, 0.05) is 35.0 Å². The number of nitrogens with zero attached hydrogens (tertiary/aromatic N) is 1. The van der Waals surface area contributed by atoms with Crippen molar-refractivity contribution in [1.29, 1.82) is 0 Å². The quantitative estimate of drug-likeness (QED) is 0.821. The highest BCUT2D eigenvalue weighted by atomic mass is 79.9. The second-order valence-electron chi connectivity index (χ2n) is 4.25. The first kappa shape index (κ1) is 12.9. The van der Waals surface area contributed by atoms with Crippen LogP contribution in [0, 0.1) is 5.92 Å². The molecule has 1 fully saturated rings. The minimum atomic E-state index is 0.00345. The van der Waals surface area contributed by atoms with E-state index in [9.17, 15) is 4.79 Å². The number of aliphatic hydroxyl groups excluding tert-OH is 1. The molecular weight excluding hydrogens is 302 g/mol. The molecule has 92 valence electrons. The summed E-state index contributed by atoms with van der Waals surface area (Å²) in [6.07, 6.45) is 0.875. The maximum absolute atomic E-state index is 12.3. The normalized spacial score (nSPS) is 19.7. The maximum atomic E-state index is 12.3. The van der Waals surface area contributed by atoms with Gasteiger partial charge in [0.25, 0.3) is 5.91 Å². The number of amides is 1. The maximum Gasteiger partial charge on any atom is 0.255 e. The van der Waals surface area contributed by atoms with Gasteiger partial charge in [-0.25, -0.2) is 0 Å². The number of thiol groups is 1. The van der Waals surface area contributed by atoms with Crippen LogP contribution >= 0.6 is 28.6 Å². The van der Waals surface area contributed by atoms with Gasteiger partial charge in [-0.1, -0.05) is 0 Å². The highest BCUT2D eigenvalue weighted by molar-refractivity contribution is 9.10. The molecule has 1 amide bonds. The van der Waals surface area contributed by atoms with Crippen LogP contribution in [0.2, 0.25) is 0 Å². The zero-order chi connectivity index (χ0) is 12.4. The van der Waals surface area contributed by atoms with Gasteiger partial charge in [0.2, 0.25) is 0 Å². The summed E-state index contributed by atoms with van der Waals surface area (Å²) in [5.74, 6) is 0.223. The van der Waals surface area contributed by atoms with E-state index in [1.807, 2.05) is 12.1 Å². The average molecular weight is 316 g/mol. The van der Waals surface area contributed by atoms with Crippen LogP contribution in [0.15, 0.2) is 27.6 Å². The van der Waals surface area contributed by atoms with Crippen LogP contribution in [0.3, 0.4) is 0 Å². The van der Waals surface area contributed by atoms with E-state index < -0.39 is 0 Å². The molecule has 17 heavy (non-hydrogen) atoms. The molecule has 1 N–H and O–H groups in total. The predicted octanol–water partition coefficient (Wildman–Crippen LogP) is 2.19. The Kier molecular flexibility index (Phi) is 4.12. The van der Waals surface area contributed by atoms with Crippen molar-refractivity contribution in [1.82, 2.24) is 4.90 Å². The number of hydrogen-bond donors (Lipinski definition) is 2. The lowest BCUT2D eigenvalue weighted by Gasteiger charge is -2.17. The molecular formula is C12H14BrNO2S. The molecule has 1 aliphatic rings. The molecule has 1 heterocycles. The van der Waals surface area contributed by atoms with Gasteiger partial charge in [0.15, 0.2) is 0 Å². The lowest BCUT2D eigenvalue weighted by Crippen LogP contribution is -2.29. The highest BCUT2D eigenvalue weighted by Gasteiger charge is 2.27. The van der Waals surface area contributed by atoms with Gasteiger partial charge in [0.05, 0.1) is 5.56 Å². The first-order valence-electron chi connectivity index (χ1n) is 5.50. The minimum absolute atomic E-state index is 0.00345. The Hall–Kier alpha value is -0.520. The van der Waals surface area contributed by atoms with Gasteiger partial charge >= 0.3 is 0 Å². The van der Waals surface area contributed by atoms with Gasteiger partial charge in [0.1, 0.15) is 0 Å². The topological polar surface area (TPSA) is 40.5 Å². The molecule has 0 radical (unpaired) electrons. The molecule has 0 aromatic heterocycles. The Labute approximate surface area is 114 Å². The molecule has 1 aromatic carbocycles. The van der Waals surface area contributed by atoms with Gasteiger partial charge in [-0.15, -0.1) is 12.6 Å². The number of halogens is 1. The van der Waals surface area contributed by atoms with Crippen molar-refractivity contribution in [2.24, 2.45) is 5.92 Å². The number of benzene rings is 1. The minimum Gasteiger partial charge on any atom is -0.396 e. The van der Waals surface area contributed by atoms with Gasteiger partial charge < -0.3 is 10.0 Å². The lowest BCUT2D eigenvalue weighted by molar-refractivity contribution is 0.0780. The number of hydrogen-bond acceptors (Lipinski definition) is 3. The fraction of sp³-hybridized carbons (Fsp3) is 0.417. The van der Waals surface area contributed by atoms with E-state index >= 15 is 0 Å². The van der Waals surface area contributed by atoms with Gasteiger partial charge in [-0.3, -0.25) is 4.79 Å². The molecule has 1 atom stereocenters. The number of rotatable bonds is 2. The van der Waals surface area contributed by atoms with E-state index in [2.05, 4.69) is 28.6 Å². The van der Waals surface area contributed by atoms with E-state index in [1.165, 1.54) is 0 Å². The zero-order valence-corrected chi connectivity index (χ0v) is 11.7. The van der Waals surface area contributed by atoms with E-state index in [-0.39, 0.29) is 18.4 Å². The van der Waals surface area contributed by atoms with Crippen molar-refractivity contribution in [3.05, 3.63) is 28.2 Å². The first-order valence-corrected chi connectivity index (χ1v) is 6.74. The van der Waals surface area contributed by atoms with E-state index in [1.54, 1.807) is 11.0 Å². The molecule has 5 heteroatoms. The van der Waals surface area contributed by atoms with E-state index in [0.717, 1.165) is 15.8 Å². The van der Waals surface area contributed by atoms with Crippen LogP contribution in [0.25, 0.3) is 0 Å². The monoisotopic (exact) mass is 315 g/mol. The Bertz CT molecular complexity index is 439. The summed E-state index contributed by atoms with van der Waals surface area (Å²) >= 11 is 7.62. The lowest BCUT2D eigenvalue weighted by atomic mass is 10.1. The van der Waals surface area contributed by atoms with E-state index in [4.69, 9.17) is 5.11 Å². The molecule has 0 aliphatic carbocycles. The Morgan fingerprint density at radius 3 is 3.00 bits per heavy atom. The van der Waals surface area contributed by atoms with Crippen molar-refractivity contribution in [2.45, 2.75) is 11.3 Å². The molecule has 3 nitrogen and oxygen atoms in total. The predicted molar refractivity (Wildman–Crippen MR) is 72.5 cm³/mol. The fourth-order valence-electron chi connectivity index (χ4n) is 2.01. The summed E-state index contributed by atoms with van der Waals surface area (Å²) < 4.78 is 0.785. The highest BCUT2D eigenvalue weighted by Crippen LogP contribution is 2.24. The van der Waals surface area contributed by atoms with Crippen LogP contribution in [0.1, 0.15) is 16.8 Å². The number of carbonyl (C=O) groups is 1. The molecule has 1 aliphatic heterocycles. The molecule has 0 bridgehead atoms. The number of likely N-dealkylation sites (tertiary alicyclic amines) is 1. The summed E-state index contributed by atoms with van der Waals surface area (Å²) in [7, 11) is 0. The Morgan fingerprint density at radius 2 is 2.35 bits per heavy atom. The van der Waals surface area contributed by atoms with Crippen molar-refractivity contribution >= 4 is 34.5 Å². The number of aliphatic hydroxyl groups is 1. The van der Waals surface area contributed by atoms with Crippen molar-refractivity contribution in [2.75, 3.05) is 19.7 Å². The van der Waals surface area contributed by atoms with Crippen LogP contribution in [0.4, 0.5) is 0 Å². The largest absolute Gasteiger partial charge is 0.396 e. The standard InChI is InChI=1S/C12H14BrNO2S/c13-11-2-1-9(17)5-10(11)12(16)14-4-3-8(6-14)7-15/h1-2,5,8,15,17H,3-4,6-7H2. The van der Waals surface area contributed by atoms with Crippen molar-refractivity contribution in [3.63, 3.8) is 0 Å². The summed E-state index contributed by atoms with van der Waals surface area (Å²) in [4.78, 5) is 14.8. The summed E-state index contributed by atoms with van der Waals surface area (Å²) in [5, 5.41) is 9.08. The Morgan fingerprint density at radius 1 is 1.59 bits per heavy atom. The molecule has 1 aromatic rings.